The highest BCUT2D eigenvalue weighted by Crippen LogP contribution is 2.36. The monoisotopic (exact) mass is 546 g/mol. The van der Waals surface area contributed by atoms with Crippen LogP contribution in [0, 0.1) is 0 Å². The molecule has 2 aromatic rings. The Kier molecular flexibility index (Phi) is 7.61. The molecular formula is C27H29F3N4O5. The summed E-state index contributed by atoms with van der Waals surface area (Å²) in [6, 6.07) is 7.29. The number of carbonyl (C=O) groups excluding carboxylic acids is 3. The number of hydrogen-bond acceptors (Lipinski definition) is 6. The molecule has 0 radical (unpaired) electrons. The number of fused-ring (bicyclic) bond motifs is 1. The smallest absolute Gasteiger partial charge is 0.379 e. The van der Waals surface area contributed by atoms with Crippen molar-refractivity contribution in [3.8, 4) is 0 Å². The van der Waals surface area contributed by atoms with Gasteiger partial charge in [0.25, 0.3) is 11.8 Å². The van der Waals surface area contributed by atoms with Gasteiger partial charge in [-0.3, -0.25) is 19.3 Å². The highest BCUT2D eigenvalue weighted by molar-refractivity contribution is 6.03. The fourth-order valence-corrected chi connectivity index (χ4v) is 5.32. The molecule has 12 heteroatoms. The van der Waals surface area contributed by atoms with Crippen LogP contribution in [-0.4, -0.2) is 77.4 Å². The molecule has 3 N–H and O–H groups in total. The number of aliphatic hydroxyl groups is 1. The molecule has 0 bridgehead atoms. The third-order valence-electron chi connectivity index (χ3n) is 7.37. The molecule has 9 nitrogen and oxygen atoms in total. The number of carbonyl (C=O) groups is 3. The molecule has 3 amide bonds. The lowest BCUT2D eigenvalue weighted by atomic mass is 9.98. The second-order valence-corrected chi connectivity index (χ2v) is 9.96. The van der Waals surface area contributed by atoms with Crippen LogP contribution < -0.4 is 10.6 Å². The van der Waals surface area contributed by atoms with Crippen LogP contribution in [0.2, 0.25) is 0 Å². The number of alkyl halides is 3. The molecule has 0 aromatic heterocycles. The zero-order valence-electron chi connectivity index (χ0n) is 21.0. The van der Waals surface area contributed by atoms with Gasteiger partial charge in [-0.15, -0.1) is 0 Å². The highest BCUT2D eigenvalue weighted by Gasteiger charge is 2.44. The number of aliphatic hydroxyl groups excluding tert-OH is 1. The summed E-state index contributed by atoms with van der Waals surface area (Å²) < 4.78 is 48.2. The maximum absolute atomic E-state index is 14.3. The predicted molar refractivity (Wildman–Crippen MR) is 132 cm³/mol. The van der Waals surface area contributed by atoms with Gasteiger partial charge in [0, 0.05) is 37.3 Å². The molecule has 3 atom stereocenters. The Labute approximate surface area is 222 Å². The van der Waals surface area contributed by atoms with E-state index < -0.39 is 42.2 Å². The first kappa shape index (κ1) is 27.1. The number of nitrogens with zero attached hydrogens (tertiary/aromatic N) is 2. The topological polar surface area (TPSA) is 111 Å². The number of amides is 3. The van der Waals surface area contributed by atoms with E-state index in [2.05, 4.69) is 10.6 Å². The Bertz CT molecular complexity index is 1260. The van der Waals surface area contributed by atoms with Gasteiger partial charge in [-0.2, -0.15) is 13.2 Å². The molecule has 5 rings (SSSR count). The number of nitrogens with one attached hydrogen (secondary N) is 2. The average molecular weight is 547 g/mol. The number of halogens is 3. The molecule has 2 fully saturated rings. The second-order valence-electron chi connectivity index (χ2n) is 9.96. The number of morpholine rings is 1. The summed E-state index contributed by atoms with van der Waals surface area (Å²) >= 11 is 0. The predicted octanol–water partition coefficient (Wildman–Crippen LogP) is 2.10. The van der Waals surface area contributed by atoms with Crippen LogP contribution >= 0.6 is 0 Å². The van der Waals surface area contributed by atoms with Crippen molar-refractivity contribution in [2.75, 3.05) is 26.3 Å². The van der Waals surface area contributed by atoms with Crippen molar-refractivity contribution in [2.45, 2.75) is 50.4 Å². The van der Waals surface area contributed by atoms with Crippen LogP contribution in [-0.2, 0) is 22.6 Å². The summed E-state index contributed by atoms with van der Waals surface area (Å²) in [4.78, 5) is 41.7. The lowest BCUT2D eigenvalue weighted by Gasteiger charge is -2.32. The average Bonchev–Trinajstić information content (AvgIpc) is 3.23. The standard InChI is InChI=1S/C27H29F3N4O5/c28-27(29,30)23(19-4-2-1-3-17(19)14-33-9-11-39-12-10-33)32-24(36)16-5-6-20-18(13-16)15-34(26(20)38)21-7-8-22(35)31-25(21)37/h1-6,13,21-23,35H,7-12,14-15H2,(H,31,37)(H,32,36)/t21?,22?,23-/m1/s1. The number of hydrogen-bond donors (Lipinski definition) is 3. The molecule has 3 aliphatic rings. The van der Waals surface area contributed by atoms with E-state index in [1.807, 2.05) is 4.90 Å². The van der Waals surface area contributed by atoms with Crippen molar-refractivity contribution in [1.82, 2.24) is 20.4 Å². The SMILES string of the molecule is O=C(N[C@H](c1ccccc1CN1CCOCC1)C(F)(F)F)c1ccc2c(c1)CN(C1CCC(O)NC1=O)C2=O. The highest BCUT2D eigenvalue weighted by atomic mass is 19.4. The van der Waals surface area contributed by atoms with Crippen LogP contribution in [0.25, 0.3) is 0 Å². The second kappa shape index (κ2) is 10.9. The number of ether oxygens (including phenoxy) is 1. The van der Waals surface area contributed by atoms with Crippen LogP contribution in [0.3, 0.4) is 0 Å². The largest absolute Gasteiger partial charge is 0.412 e. The van der Waals surface area contributed by atoms with Crippen molar-refractivity contribution in [3.63, 3.8) is 0 Å². The van der Waals surface area contributed by atoms with E-state index in [4.69, 9.17) is 4.74 Å². The maximum Gasteiger partial charge on any atom is 0.412 e. The third-order valence-corrected chi connectivity index (χ3v) is 7.37. The Balaban J connectivity index is 1.35. The number of piperidine rings is 1. The lowest BCUT2D eigenvalue weighted by Crippen LogP contribution is -2.54. The van der Waals surface area contributed by atoms with Gasteiger partial charge in [0.05, 0.1) is 13.2 Å². The van der Waals surface area contributed by atoms with Crippen molar-refractivity contribution >= 4 is 17.7 Å². The Morgan fingerprint density at radius 3 is 2.59 bits per heavy atom. The molecular weight excluding hydrogens is 517 g/mol. The maximum atomic E-state index is 14.3. The third kappa shape index (κ3) is 5.77. The van der Waals surface area contributed by atoms with E-state index >= 15 is 0 Å². The number of benzene rings is 2. The van der Waals surface area contributed by atoms with E-state index in [0.717, 1.165) is 0 Å². The molecule has 0 aliphatic carbocycles. The summed E-state index contributed by atoms with van der Waals surface area (Å²) in [5.41, 5.74) is 1.15. The molecule has 2 unspecified atom stereocenters. The molecule has 0 spiro atoms. The van der Waals surface area contributed by atoms with Gasteiger partial charge in [0.15, 0.2) is 6.04 Å². The molecule has 208 valence electrons. The molecule has 3 aliphatic heterocycles. The number of rotatable bonds is 6. The minimum atomic E-state index is -4.75. The van der Waals surface area contributed by atoms with Crippen molar-refractivity contribution in [3.05, 3.63) is 70.3 Å². The van der Waals surface area contributed by atoms with Crippen LogP contribution in [0.5, 0.6) is 0 Å². The van der Waals surface area contributed by atoms with Crippen LogP contribution in [0.1, 0.15) is 56.3 Å². The van der Waals surface area contributed by atoms with E-state index in [-0.39, 0.29) is 36.1 Å². The van der Waals surface area contributed by atoms with E-state index in [1.54, 1.807) is 12.1 Å². The van der Waals surface area contributed by atoms with Crippen molar-refractivity contribution in [1.29, 1.82) is 0 Å². The van der Waals surface area contributed by atoms with Gasteiger partial charge in [-0.25, -0.2) is 0 Å². The first-order valence-electron chi connectivity index (χ1n) is 12.8. The van der Waals surface area contributed by atoms with Gasteiger partial charge in [-0.1, -0.05) is 24.3 Å². The first-order chi connectivity index (χ1) is 18.6. The minimum absolute atomic E-state index is 0.0215. The van der Waals surface area contributed by atoms with Gasteiger partial charge in [0.1, 0.15) is 12.3 Å². The Morgan fingerprint density at radius 2 is 1.87 bits per heavy atom. The normalized spacial score (nSPS) is 22.8. The van der Waals surface area contributed by atoms with E-state index in [1.165, 1.54) is 35.2 Å². The summed E-state index contributed by atoms with van der Waals surface area (Å²) in [6.07, 6.45) is -5.16. The fourth-order valence-electron chi connectivity index (χ4n) is 5.32. The van der Waals surface area contributed by atoms with Crippen molar-refractivity contribution < 1.29 is 37.4 Å². The van der Waals surface area contributed by atoms with Crippen LogP contribution in [0.4, 0.5) is 13.2 Å². The summed E-state index contributed by atoms with van der Waals surface area (Å²) in [5, 5.41) is 14.2. The van der Waals surface area contributed by atoms with Crippen molar-refractivity contribution in [2.24, 2.45) is 0 Å². The van der Waals surface area contributed by atoms with E-state index in [0.29, 0.717) is 44.0 Å². The minimum Gasteiger partial charge on any atom is -0.379 e. The van der Waals surface area contributed by atoms with Gasteiger partial charge in [-0.05, 0) is 47.7 Å². The zero-order chi connectivity index (χ0) is 27.7. The molecule has 2 aromatic carbocycles. The fraction of sp³-hybridized carbons (Fsp3) is 0.444. The van der Waals surface area contributed by atoms with Crippen LogP contribution in [0.15, 0.2) is 42.5 Å². The first-order valence-corrected chi connectivity index (χ1v) is 12.8. The molecule has 2 saturated heterocycles. The van der Waals surface area contributed by atoms with E-state index in [9.17, 15) is 32.7 Å². The molecule has 0 saturated carbocycles. The lowest BCUT2D eigenvalue weighted by molar-refractivity contribution is -0.155. The van der Waals surface area contributed by atoms with Gasteiger partial charge in [0.2, 0.25) is 5.91 Å². The molecule has 3 heterocycles. The van der Waals surface area contributed by atoms with Gasteiger partial charge < -0.3 is 25.4 Å². The quantitative estimate of drug-likeness (QED) is 0.512. The summed E-state index contributed by atoms with van der Waals surface area (Å²) in [5.74, 6) is -1.80. The Hall–Kier alpha value is -3.48. The summed E-state index contributed by atoms with van der Waals surface area (Å²) in [7, 11) is 0. The molecule has 39 heavy (non-hydrogen) atoms. The van der Waals surface area contributed by atoms with Gasteiger partial charge >= 0.3 is 6.18 Å². The zero-order valence-corrected chi connectivity index (χ0v) is 21.0. The Morgan fingerprint density at radius 1 is 1.13 bits per heavy atom. The summed E-state index contributed by atoms with van der Waals surface area (Å²) in [6.45, 7) is 2.55.